The van der Waals surface area contributed by atoms with Gasteiger partial charge < -0.3 is 15.4 Å². The summed E-state index contributed by atoms with van der Waals surface area (Å²) >= 11 is 7.36. The molecule has 0 radical (unpaired) electrons. The zero-order valence-corrected chi connectivity index (χ0v) is 18.0. The molecule has 0 bridgehead atoms. The summed E-state index contributed by atoms with van der Waals surface area (Å²) < 4.78 is 18.4. The third-order valence-corrected chi connectivity index (χ3v) is 5.20. The van der Waals surface area contributed by atoms with Crippen LogP contribution in [0.3, 0.4) is 0 Å². The van der Waals surface area contributed by atoms with Crippen LogP contribution in [0.2, 0.25) is 0 Å². The summed E-state index contributed by atoms with van der Waals surface area (Å²) in [7, 11) is 0. The van der Waals surface area contributed by atoms with Gasteiger partial charge in [0, 0.05) is 12.2 Å². The van der Waals surface area contributed by atoms with Gasteiger partial charge in [-0.2, -0.15) is 0 Å². The molecule has 3 aromatic rings. The SMILES string of the molecule is CCNC(=O)COc1ccc(/C=C(/Cl)c2nnc(C(=O)Nc3ccc(F)cc3)s2)cc1. The molecule has 0 aliphatic rings. The maximum Gasteiger partial charge on any atom is 0.286 e. The van der Waals surface area contributed by atoms with E-state index in [1.807, 2.05) is 6.92 Å². The van der Waals surface area contributed by atoms with Crippen LogP contribution in [-0.4, -0.2) is 35.2 Å². The quantitative estimate of drug-likeness (QED) is 0.526. The Labute approximate surface area is 186 Å². The molecule has 2 N–H and O–H groups in total. The highest BCUT2D eigenvalue weighted by atomic mass is 35.5. The normalized spacial score (nSPS) is 11.1. The standard InChI is InChI=1S/C21H18ClFN4O3S/c1-2-24-18(28)12-30-16-9-3-13(4-10-16)11-17(22)20-26-27-21(31-20)19(29)25-15-7-5-14(23)6-8-15/h3-11H,2,12H2,1H3,(H,24,28)(H,25,29)/b17-11+. The number of carbonyl (C=O) groups excluding carboxylic acids is 2. The fourth-order valence-electron chi connectivity index (χ4n) is 2.39. The second-order valence-electron chi connectivity index (χ2n) is 6.18. The average Bonchev–Trinajstić information content (AvgIpc) is 3.26. The van der Waals surface area contributed by atoms with E-state index in [1.165, 1.54) is 24.3 Å². The third kappa shape index (κ3) is 6.59. The van der Waals surface area contributed by atoms with E-state index in [4.69, 9.17) is 16.3 Å². The van der Waals surface area contributed by atoms with Crippen LogP contribution in [0.5, 0.6) is 5.75 Å². The van der Waals surface area contributed by atoms with Crippen LogP contribution >= 0.6 is 22.9 Å². The second kappa shape index (κ2) is 10.6. The van der Waals surface area contributed by atoms with Crippen molar-refractivity contribution in [2.75, 3.05) is 18.5 Å². The van der Waals surface area contributed by atoms with Crippen molar-refractivity contribution in [3.8, 4) is 5.75 Å². The van der Waals surface area contributed by atoms with Crippen molar-refractivity contribution in [1.29, 1.82) is 0 Å². The van der Waals surface area contributed by atoms with Crippen molar-refractivity contribution in [3.05, 3.63) is 69.9 Å². The van der Waals surface area contributed by atoms with Gasteiger partial charge in [-0.3, -0.25) is 9.59 Å². The Morgan fingerprint density at radius 1 is 1.10 bits per heavy atom. The lowest BCUT2D eigenvalue weighted by molar-refractivity contribution is -0.122. The number of hydrogen-bond acceptors (Lipinski definition) is 6. The molecule has 0 saturated heterocycles. The summed E-state index contributed by atoms with van der Waals surface area (Å²) in [5.74, 6) is -0.497. The molecule has 7 nitrogen and oxygen atoms in total. The van der Waals surface area contributed by atoms with E-state index in [2.05, 4.69) is 20.8 Å². The van der Waals surface area contributed by atoms with Crippen LogP contribution in [0.4, 0.5) is 10.1 Å². The first-order chi connectivity index (χ1) is 14.9. The molecule has 2 amide bonds. The highest BCUT2D eigenvalue weighted by Gasteiger charge is 2.15. The number of nitrogens with one attached hydrogen (secondary N) is 2. The number of anilines is 1. The van der Waals surface area contributed by atoms with Gasteiger partial charge >= 0.3 is 0 Å². The largest absolute Gasteiger partial charge is 0.484 e. The molecule has 0 unspecified atom stereocenters. The van der Waals surface area contributed by atoms with Crippen LogP contribution in [-0.2, 0) is 4.79 Å². The predicted octanol–water partition coefficient (Wildman–Crippen LogP) is 4.18. The Morgan fingerprint density at radius 2 is 1.77 bits per heavy atom. The van der Waals surface area contributed by atoms with Gasteiger partial charge in [0.25, 0.3) is 11.8 Å². The Kier molecular flexibility index (Phi) is 7.69. The summed E-state index contributed by atoms with van der Waals surface area (Å²) in [6.07, 6.45) is 1.68. The molecule has 2 aromatic carbocycles. The first kappa shape index (κ1) is 22.4. The molecule has 0 atom stereocenters. The average molecular weight is 461 g/mol. The van der Waals surface area contributed by atoms with Gasteiger partial charge in [0.1, 0.15) is 11.6 Å². The van der Waals surface area contributed by atoms with Crippen LogP contribution in [0.1, 0.15) is 27.3 Å². The number of hydrogen-bond donors (Lipinski definition) is 2. The van der Waals surface area contributed by atoms with Crippen LogP contribution in [0.25, 0.3) is 11.1 Å². The molecular weight excluding hydrogens is 443 g/mol. The van der Waals surface area contributed by atoms with Gasteiger partial charge in [-0.25, -0.2) is 4.39 Å². The minimum absolute atomic E-state index is 0.0582. The van der Waals surface area contributed by atoms with Crippen LogP contribution in [0.15, 0.2) is 48.5 Å². The highest BCUT2D eigenvalue weighted by molar-refractivity contribution is 7.15. The summed E-state index contributed by atoms with van der Waals surface area (Å²) in [4.78, 5) is 23.7. The van der Waals surface area contributed by atoms with E-state index in [0.29, 0.717) is 28.0 Å². The molecule has 0 saturated carbocycles. The van der Waals surface area contributed by atoms with E-state index in [9.17, 15) is 14.0 Å². The smallest absolute Gasteiger partial charge is 0.286 e. The van der Waals surface area contributed by atoms with Gasteiger partial charge in [0.2, 0.25) is 5.01 Å². The Balaban J connectivity index is 1.61. The number of rotatable bonds is 8. The first-order valence-electron chi connectivity index (χ1n) is 9.22. The van der Waals surface area contributed by atoms with Gasteiger partial charge in [0.05, 0.1) is 5.03 Å². The maximum atomic E-state index is 13.0. The monoisotopic (exact) mass is 460 g/mol. The lowest BCUT2D eigenvalue weighted by Gasteiger charge is -2.06. The van der Waals surface area contributed by atoms with Crippen molar-refractivity contribution < 1.29 is 18.7 Å². The maximum absolute atomic E-state index is 13.0. The first-order valence-corrected chi connectivity index (χ1v) is 10.4. The minimum atomic E-state index is -0.464. The molecule has 0 aliphatic heterocycles. The number of carbonyl (C=O) groups is 2. The zero-order valence-electron chi connectivity index (χ0n) is 16.4. The molecule has 160 valence electrons. The number of aromatic nitrogens is 2. The summed E-state index contributed by atoms with van der Waals surface area (Å²) in [6, 6.07) is 12.4. The summed E-state index contributed by atoms with van der Waals surface area (Å²) in [5, 5.41) is 13.9. The minimum Gasteiger partial charge on any atom is -0.484 e. The molecular formula is C21H18ClFN4O3S. The topological polar surface area (TPSA) is 93.2 Å². The van der Waals surface area contributed by atoms with E-state index >= 15 is 0 Å². The zero-order chi connectivity index (χ0) is 22.2. The fourth-order valence-corrected chi connectivity index (χ4v) is 3.32. The molecule has 1 heterocycles. The van der Waals surface area contributed by atoms with Crippen LogP contribution < -0.4 is 15.4 Å². The number of amides is 2. The fraction of sp³-hybridized carbons (Fsp3) is 0.143. The van der Waals surface area contributed by atoms with Crippen molar-refractivity contribution in [2.24, 2.45) is 0 Å². The molecule has 1 aromatic heterocycles. The van der Waals surface area contributed by atoms with Gasteiger partial charge in [-0.05, 0) is 55.0 Å². The molecule has 0 spiro atoms. The van der Waals surface area contributed by atoms with Crippen LogP contribution in [0, 0.1) is 5.82 Å². The third-order valence-electron chi connectivity index (χ3n) is 3.84. The Hall–Kier alpha value is -3.30. The number of halogens is 2. The Morgan fingerprint density at radius 3 is 2.45 bits per heavy atom. The second-order valence-corrected chi connectivity index (χ2v) is 7.56. The highest BCUT2D eigenvalue weighted by Crippen LogP contribution is 2.26. The molecule has 10 heteroatoms. The van der Waals surface area contributed by atoms with Gasteiger partial charge in [-0.1, -0.05) is 35.1 Å². The lowest BCUT2D eigenvalue weighted by Crippen LogP contribution is -2.28. The van der Waals surface area contributed by atoms with Crippen molar-refractivity contribution >= 4 is 51.5 Å². The number of ether oxygens (including phenoxy) is 1. The predicted molar refractivity (Wildman–Crippen MR) is 119 cm³/mol. The molecule has 0 fully saturated rings. The summed E-state index contributed by atoms with van der Waals surface area (Å²) in [6.45, 7) is 2.32. The Bertz CT molecular complexity index is 1080. The number of benzene rings is 2. The van der Waals surface area contributed by atoms with Crippen molar-refractivity contribution in [1.82, 2.24) is 15.5 Å². The molecule has 31 heavy (non-hydrogen) atoms. The molecule has 0 aliphatic carbocycles. The molecule has 3 rings (SSSR count). The van der Waals surface area contributed by atoms with E-state index in [0.717, 1.165) is 16.9 Å². The van der Waals surface area contributed by atoms with Crippen molar-refractivity contribution in [3.63, 3.8) is 0 Å². The van der Waals surface area contributed by atoms with Gasteiger partial charge in [0.15, 0.2) is 11.6 Å². The van der Waals surface area contributed by atoms with E-state index in [-0.39, 0.29) is 17.5 Å². The lowest BCUT2D eigenvalue weighted by atomic mass is 10.2. The van der Waals surface area contributed by atoms with E-state index < -0.39 is 11.7 Å². The van der Waals surface area contributed by atoms with E-state index in [1.54, 1.807) is 30.3 Å². The summed E-state index contributed by atoms with van der Waals surface area (Å²) in [5.41, 5.74) is 1.22. The van der Waals surface area contributed by atoms with Gasteiger partial charge in [-0.15, -0.1) is 10.2 Å². The van der Waals surface area contributed by atoms with Crippen molar-refractivity contribution in [2.45, 2.75) is 6.92 Å². The number of nitrogens with zero attached hydrogens (tertiary/aromatic N) is 2. The number of likely N-dealkylation sites (N-methyl/N-ethyl adjacent to an activating group) is 1.